The largest absolute Gasteiger partial charge is 0.497 e. The summed E-state index contributed by atoms with van der Waals surface area (Å²) in [4.78, 5) is 46.5. The molecular formula is C22H20N2O8. The zero-order valence-electron chi connectivity index (χ0n) is 17.0. The average Bonchev–Trinajstić information content (AvgIpc) is 3.06. The van der Waals surface area contributed by atoms with Crippen molar-refractivity contribution in [3.8, 4) is 17.2 Å². The number of carboxylic acids is 1. The van der Waals surface area contributed by atoms with Crippen molar-refractivity contribution in [3.05, 3.63) is 59.4 Å². The lowest BCUT2D eigenvalue weighted by Crippen LogP contribution is -2.45. The van der Waals surface area contributed by atoms with E-state index in [-0.39, 0.29) is 23.0 Å². The highest BCUT2D eigenvalue weighted by Crippen LogP contribution is 2.35. The molecule has 0 radical (unpaired) electrons. The average molecular weight is 440 g/mol. The van der Waals surface area contributed by atoms with Crippen molar-refractivity contribution in [2.45, 2.75) is 12.5 Å². The van der Waals surface area contributed by atoms with E-state index in [0.717, 1.165) is 5.56 Å². The highest BCUT2D eigenvalue weighted by Gasteiger charge is 2.28. The van der Waals surface area contributed by atoms with Crippen molar-refractivity contribution in [2.24, 2.45) is 5.73 Å². The van der Waals surface area contributed by atoms with E-state index >= 15 is 0 Å². The summed E-state index contributed by atoms with van der Waals surface area (Å²) in [5, 5.41) is 11.2. The molecule has 0 saturated heterocycles. The third-order valence-electron chi connectivity index (χ3n) is 4.46. The van der Waals surface area contributed by atoms with Gasteiger partial charge in [0.05, 0.1) is 19.1 Å². The van der Waals surface area contributed by atoms with Gasteiger partial charge in [-0.25, -0.2) is 4.79 Å². The van der Waals surface area contributed by atoms with Crippen molar-refractivity contribution >= 4 is 29.6 Å². The standard InChI is InChI=1S/C22H20N2O8/c1-30-13-4-2-12(3-5-13)8-18-21(27)15-7-6-14(9-17(15)32-18)31-11-20(26)24-16(22(28)29)10-19(23)25/h2-9,16H,10-11H2,1H3,(H2,23,25)(H,24,26)(H,28,29). The summed E-state index contributed by atoms with van der Waals surface area (Å²) in [6.45, 7) is -0.510. The Morgan fingerprint density at radius 3 is 2.47 bits per heavy atom. The topological polar surface area (TPSA) is 154 Å². The molecule has 1 unspecified atom stereocenters. The van der Waals surface area contributed by atoms with Crippen LogP contribution in [0, 0.1) is 0 Å². The van der Waals surface area contributed by atoms with Gasteiger partial charge in [-0.05, 0) is 35.9 Å². The molecule has 166 valence electrons. The number of carbonyl (C=O) groups is 4. The van der Waals surface area contributed by atoms with Crippen LogP contribution < -0.4 is 25.3 Å². The number of rotatable bonds is 9. The number of allylic oxidation sites excluding steroid dienone is 1. The van der Waals surface area contributed by atoms with Crippen LogP contribution in [-0.2, 0) is 14.4 Å². The van der Waals surface area contributed by atoms with E-state index in [9.17, 15) is 19.2 Å². The van der Waals surface area contributed by atoms with Crippen molar-refractivity contribution in [1.82, 2.24) is 5.32 Å². The number of hydrogen-bond acceptors (Lipinski definition) is 7. The maximum absolute atomic E-state index is 12.6. The Bertz CT molecular complexity index is 1090. The van der Waals surface area contributed by atoms with Gasteiger partial charge in [-0.3, -0.25) is 14.4 Å². The van der Waals surface area contributed by atoms with Gasteiger partial charge in [-0.2, -0.15) is 0 Å². The minimum Gasteiger partial charge on any atom is -0.497 e. The summed E-state index contributed by atoms with van der Waals surface area (Å²) in [5.74, 6) is -1.98. The van der Waals surface area contributed by atoms with E-state index in [4.69, 9.17) is 25.1 Å². The van der Waals surface area contributed by atoms with Gasteiger partial charge in [0.25, 0.3) is 5.91 Å². The van der Waals surface area contributed by atoms with E-state index in [1.54, 1.807) is 37.5 Å². The number of hydrogen-bond donors (Lipinski definition) is 3. The summed E-state index contributed by atoms with van der Waals surface area (Å²) in [7, 11) is 1.56. The first-order valence-corrected chi connectivity index (χ1v) is 9.42. The van der Waals surface area contributed by atoms with Crippen LogP contribution in [0.4, 0.5) is 0 Å². The third kappa shape index (κ3) is 5.42. The zero-order chi connectivity index (χ0) is 23.3. The molecule has 0 bridgehead atoms. The van der Waals surface area contributed by atoms with E-state index in [0.29, 0.717) is 11.3 Å². The van der Waals surface area contributed by atoms with Gasteiger partial charge in [0.2, 0.25) is 11.7 Å². The van der Waals surface area contributed by atoms with Crippen molar-refractivity contribution in [2.75, 3.05) is 13.7 Å². The molecule has 10 nitrogen and oxygen atoms in total. The first-order chi connectivity index (χ1) is 15.3. The smallest absolute Gasteiger partial charge is 0.326 e. The Hall–Kier alpha value is -4.34. The zero-order valence-corrected chi connectivity index (χ0v) is 17.0. The highest BCUT2D eigenvalue weighted by atomic mass is 16.5. The Kier molecular flexibility index (Phi) is 6.74. The van der Waals surface area contributed by atoms with Crippen LogP contribution in [0.5, 0.6) is 17.2 Å². The summed E-state index contributed by atoms with van der Waals surface area (Å²) < 4.78 is 16.1. The first kappa shape index (κ1) is 22.3. The van der Waals surface area contributed by atoms with Crippen LogP contribution in [-0.4, -0.2) is 48.4 Å². The minimum atomic E-state index is -1.45. The van der Waals surface area contributed by atoms with Crippen LogP contribution in [0.15, 0.2) is 48.2 Å². The molecule has 1 aliphatic rings. The third-order valence-corrected chi connectivity index (χ3v) is 4.46. The van der Waals surface area contributed by atoms with Crippen LogP contribution in [0.3, 0.4) is 0 Å². The van der Waals surface area contributed by atoms with E-state index in [2.05, 4.69) is 5.32 Å². The molecule has 2 aromatic carbocycles. The van der Waals surface area contributed by atoms with Crippen LogP contribution in [0.25, 0.3) is 6.08 Å². The fourth-order valence-electron chi connectivity index (χ4n) is 2.89. The number of fused-ring (bicyclic) bond motifs is 1. The number of carboxylic acid groups (broad SMARTS) is 1. The summed E-state index contributed by atoms with van der Waals surface area (Å²) >= 11 is 0. The number of carbonyl (C=O) groups excluding carboxylic acids is 3. The van der Waals surface area contributed by atoms with Gasteiger partial charge in [-0.15, -0.1) is 0 Å². The molecule has 0 fully saturated rings. The predicted octanol–water partition coefficient (Wildman–Crippen LogP) is 1.14. The molecular weight excluding hydrogens is 420 g/mol. The number of aliphatic carboxylic acids is 1. The van der Waals surface area contributed by atoms with E-state index < -0.39 is 36.9 Å². The molecule has 10 heteroatoms. The predicted molar refractivity (Wildman–Crippen MR) is 111 cm³/mol. The maximum Gasteiger partial charge on any atom is 0.326 e. The summed E-state index contributed by atoms with van der Waals surface area (Å²) in [6.07, 6.45) is 1.06. The molecule has 1 heterocycles. The highest BCUT2D eigenvalue weighted by molar-refractivity contribution is 6.14. The van der Waals surface area contributed by atoms with E-state index in [1.807, 2.05) is 0 Å². The lowest BCUT2D eigenvalue weighted by atomic mass is 10.1. The van der Waals surface area contributed by atoms with Crippen molar-refractivity contribution < 1.29 is 38.5 Å². The van der Waals surface area contributed by atoms with Gasteiger partial charge < -0.3 is 30.4 Å². The number of benzene rings is 2. The monoisotopic (exact) mass is 440 g/mol. The second kappa shape index (κ2) is 9.65. The molecule has 0 saturated carbocycles. The molecule has 32 heavy (non-hydrogen) atoms. The second-order valence-corrected chi connectivity index (χ2v) is 6.79. The number of amides is 2. The van der Waals surface area contributed by atoms with Crippen molar-refractivity contribution in [3.63, 3.8) is 0 Å². The van der Waals surface area contributed by atoms with Gasteiger partial charge in [0, 0.05) is 6.07 Å². The number of methoxy groups -OCH3 is 1. The quantitative estimate of drug-likeness (QED) is 0.490. The Morgan fingerprint density at radius 2 is 1.84 bits per heavy atom. The normalized spacial score (nSPS) is 14.3. The lowest BCUT2D eigenvalue weighted by Gasteiger charge is -2.13. The van der Waals surface area contributed by atoms with Gasteiger partial charge >= 0.3 is 5.97 Å². The molecule has 1 atom stereocenters. The maximum atomic E-state index is 12.6. The Balaban J connectivity index is 1.63. The van der Waals surface area contributed by atoms with Gasteiger partial charge in [-0.1, -0.05) is 12.1 Å². The Labute approximate surface area is 182 Å². The van der Waals surface area contributed by atoms with Crippen molar-refractivity contribution in [1.29, 1.82) is 0 Å². The molecule has 3 rings (SSSR count). The van der Waals surface area contributed by atoms with Gasteiger partial charge in [0.1, 0.15) is 23.3 Å². The van der Waals surface area contributed by atoms with Crippen LogP contribution in [0.1, 0.15) is 22.3 Å². The van der Waals surface area contributed by atoms with Crippen LogP contribution in [0.2, 0.25) is 0 Å². The molecule has 0 aromatic heterocycles. The number of ether oxygens (including phenoxy) is 3. The first-order valence-electron chi connectivity index (χ1n) is 9.42. The van der Waals surface area contributed by atoms with E-state index in [1.165, 1.54) is 18.2 Å². The number of primary amides is 1. The second-order valence-electron chi connectivity index (χ2n) is 6.79. The summed E-state index contributed by atoms with van der Waals surface area (Å²) in [5.41, 5.74) is 6.06. The molecule has 0 spiro atoms. The number of nitrogens with two attached hydrogens (primary N) is 1. The SMILES string of the molecule is COc1ccc(C=C2Oc3cc(OCC(=O)NC(CC(N)=O)C(=O)O)ccc3C2=O)cc1. The minimum absolute atomic E-state index is 0.135. The fraction of sp³-hybridized carbons (Fsp3) is 0.182. The molecule has 1 aliphatic heterocycles. The fourth-order valence-corrected chi connectivity index (χ4v) is 2.89. The van der Waals surface area contributed by atoms with Crippen LogP contribution >= 0.6 is 0 Å². The van der Waals surface area contributed by atoms with Gasteiger partial charge in [0.15, 0.2) is 12.4 Å². The molecule has 0 aliphatic carbocycles. The number of nitrogens with one attached hydrogen (secondary N) is 1. The summed E-state index contributed by atoms with van der Waals surface area (Å²) in [6, 6.07) is 10.1. The lowest BCUT2D eigenvalue weighted by molar-refractivity contribution is -0.143. The Morgan fingerprint density at radius 1 is 1.16 bits per heavy atom. The molecule has 2 aromatic rings. The number of Topliss-reactive ketones (excluding diaryl/α,β-unsaturated/α-hetero) is 1. The molecule has 4 N–H and O–H groups in total. The molecule has 2 amide bonds. The number of ketones is 1.